The smallest absolute Gasteiger partial charge is 0.321 e. The van der Waals surface area contributed by atoms with E-state index in [0.29, 0.717) is 67.7 Å². The number of phenols is 1. The molecule has 0 atom stereocenters. The summed E-state index contributed by atoms with van der Waals surface area (Å²) >= 11 is 0. The zero-order valence-corrected chi connectivity index (χ0v) is 36.0. The van der Waals surface area contributed by atoms with Gasteiger partial charge in [0.1, 0.15) is 17.9 Å². The van der Waals surface area contributed by atoms with Crippen molar-refractivity contribution in [1.82, 2.24) is 19.7 Å². The second kappa shape index (κ2) is 19.8. The number of aryl methyl sites for hydroxylation is 1. The minimum Gasteiger partial charge on any atom is -0.507 e. The van der Waals surface area contributed by atoms with Crippen LogP contribution in [0.15, 0.2) is 96.5 Å². The lowest BCUT2D eigenvalue weighted by atomic mass is 9.60. The molecule has 326 valence electrons. The number of nitrogens with zero attached hydrogens (tertiary/aromatic N) is 5. The van der Waals surface area contributed by atoms with Gasteiger partial charge in [-0.05, 0) is 118 Å². The molecule has 1 saturated carbocycles. The first-order chi connectivity index (χ1) is 29.6. The second-order valence-electron chi connectivity index (χ2n) is 17.2. The number of allylic oxidation sites excluding steroid dienone is 1. The van der Waals surface area contributed by atoms with Gasteiger partial charge in [-0.25, -0.2) is 4.79 Å². The Morgan fingerprint density at radius 1 is 0.918 bits per heavy atom. The average Bonchev–Trinajstić information content (AvgIpc) is 3.61. The van der Waals surface area contributed by atoms with Crippen molar-refractivity contribution in [3.63, 3.8) is 0 Å². The van der Waals surface area contributed by atoms with E-state index in [1.807, 2.05) is 17.0 Å². The van der Waals surface area contributed by atoms with Crippen molar-refractivity contribution in [1.29, 1.82) is 0 Å². The number of nitrogens with two attached hydrogens (primary N) is 3. The third kappa shape index (κ3) is 10.1. The summed E-state index contributed by atoms with van der Waals surface area (Å²) in [6.45, 7) is 11.3. The van der Waals surface area contributed by atoms with E-state index in [9.17, 15) is 14.7 Å². The number of aromatic nitrogens is 1. The summed E-state index contributed by atoms with van der Waals surface area (Å²) in [5, 5.41) is 13.6. The number of piperidine rings is 2. The molecule has 0 bridgehead atoms. The van der Waals surface area contributed by atoms with Crippen molar-refractivity contribution in [2.45, 2.75) is 57.9 Å². The summed E-state index contributed by atoms with van der Waals surface area (Å²) in [7, 11) is 1.64. The highest BCUT2D eigenvalue weighted by Gasteiger charge is 2.47. The molecule has 3 aromatic carbocycles. The fraction of sp³-hybridized carbons (Fsp3) is 0.458. The first kappa shape index (κ1) is 43.4. The van der Waals surface area contributed by atoms with Crippen LogP contribution in [0.2, 0.25) is 0 Å². The van der Waals surface area contributed by atoms with Crippen LogP contribution < -0.4 is 32.3 Å². The molecule has 1 aliphatic carbocycles. The van der Waals surface area contributed by atoms with Crippen LogP contribution in [0.1, 0.15) is 62.2 Å². The molecule has 3 saturated heterocycles. The minimum atomic E-state index is -0.180. The van der Waals surface area contributed by atoms with E-state index >= 15 is 0 Å². The van der Waals surface area contributed by atoms with E-state index in [1.54, 1.807) is 42.3 Å². The minimum absolute atomic E-state index is 0.123. The fourth-order valence-corrected chi connectivity index (χ4v) is 9.96. The third-order valence-electron chi connectivity index (χ3n) is 13.3. The summed E-state index contributed by atoms with van der Waals surface area (Å²) in [6.07, 6.45) is 10.6. The predicted molar refractivity (Wildman–Crippen MR) is 245 cm³/mol. The van der Waals surface area contributed by atoms with Gasteiger partial charge in [0, 0.05) is 86.8 Å². The topological polar surface area (TPSA) is 172 Å². The van der Waals surface area contributed by atoms with Crippen LogP contribution >= 0.6 is 0 Å². The number of hydrogen-bond acceptors (Lipinski definition) is 10. The SMILES string of the molecule is CNC(=O)N(CCC=O)c1cccc2c1cc(C)n2C1CC2(CCN(CC3CCN(c4ccccc4)CC3)CC2)C1.NC(N)=C(/C=C(\N)c1ccccc1O)N1CCOCC1. The molecule has 13 heteroatoms. The molecule has 13 nitrogen and oxygen atoms in total. The van der Waals surface area contributed by atoms with Gasteiger partial charge in [0.25, 0.3) is 0 Å². The number of benzene rings is 3. The van der Waals surface area contributed by atoms with E-state index in [0.717, 1.165) is 23.3 Å². The van der Waals surface area contributed by atoms with Crippen molar-refractivity contribution in [3.05, 3.63) is 108 Å². The molecule has 8 N–H and O–H groups in total. The summed E-state index contributed by atoms with van der Waals surface area (Å²) < 4.78 is 7.81. The predicted octanol–water partition coefficient (Wildman–Crippen LogP) is 6.13. The van der Waals surface area contributed by atoms with Gasteiger partial charge in [0.15, 0.2) is 0 Å². The fourth-order valence-electron chi connectivity index (χ4n) is 9.96. The molecule has 2 amide bonds. The van der Waals surface area contributed by atoms with Crippen molar-refractivity contribution in [2.24, 2.45) is 28.5 Å². The number of para-hydroxylation sites is 2. The van der Waals surface area contributed by atoms with Crippen molar-refractivity contribution >= 4 is 40.3 Å². The van der Waals surface area contributed by atoms with Gasteiger partial charge in [0.05, 0.1) is 30.1 Å². The Kier molecular flexibility index (Phi) is 14.1. The summed E-state index contributed by atoms with van der Waals surface area (Å²) in [5.41, 5.74) is 24.3. The Hall–Kier alpha value is -5.66. The van der Waals surface area contributed by atoms with Crippen LogP contribution in [0, 0.1) is 18.3 Å². The van der Waals surface area contributed by atoms with Gasteiger partial charge in [-0.3, -0.25) is 4.90 Å². The van der Waals surface area contributed by atoms with Crippen LogP contribution in [0.25, 0.3) is 16.6 Å². The van der Waals surface area contributed by atoms with E-state index in [2.05, 4.69) is 69.1 Å². The van der Waals surface area contributed by atoms with Gasteiger partial charge in [-0.15, -0.1) is 0 Å². The summed E-state index contributed by atoms with van der Waals surface area (Å²) in [4.78, 5) is 32.8. The van der Waals surface area contributed by atoms with Crippen LogP contribution in [0.3, 0.4) is 0 Å². The van der Waals surface area contributed by atoms with Gasteiger partial charge < -0.3 is 56.4 Å². The monoisotopic (exact) mass is 832 g/mol. The Labute approximate surface area is 360 Å². The normalized spacial score (nSPS) is 18.6. The molecule has 0 radical (unpaired) electrons. The van der Waals surface area contributed by atoms with Crippen LogP contribution in [-0.2, 0) is 9.53 Å². The molecule has 4 heterocycles. The number of phenolic OH excluding ortho intramolecular Hbond substituents is 1. The zero-order chi connectivity index (χ0) is 42.9. The molecular formula is C48H65N9O4. The highest BCUT2D eigenvalue weighted by atomic mass is 16.5. The van der Waals surface area contributed by atoms with Crippen LogP contribution in [-0.4, -0.2) is 104 Å². The lowest BCUT2D eigenvalue weighted by molar-refractivity contribution is -0.107. The number of amides is 2. The largest absolute Gasteiger partial charge is 0.507 e. The second-order valence-corrected chi connectivity index (χ2v) is 17.2. The summed E-state index contributed by atoms with van der Waals surface area (Å²) in [5.74, 6) is 1.14. The molecule has 3 aliphatic heterocycles. The average molecular weight is 832 g/mol. The molecule has 4 fully saturated rings. The number of urea groups is 1. The number of likely N-dealkylation sites (tertiary alicyclic amines) is 1. The number of ether oxygens (including phenoxy) is 1. The number of hydrogen-bond donors (Lipinski definition) is 5. The van der Waals surface area contributed by atoms with Crippen LogP contribution in [0.5, 0.6) is 5.75 Å². The van der Waals surface area contributed by atoms with Crippen molar-refractivity contribution < 1.29 is 19.4 Å². The standard InChI is InChI=1S/C34H45N5O2.C14H20N4O2/c1-26-22-30-31(38(16-7-21-40)33(41)35-2)10-6-11-32(30)39(26)29-23-34(24-29)14-19-36(20-15-34)25-27-12-17-37(18-13-27)28-8-4-3-5-9-28;15-11(10-3-1-2-4-13(10)19)9-12(14(16)17)18-5-7-20-8-6-18/h3-6,8-11,21-22,27,29H,7,12-20,23-25H2,1-2H3,(H,35,41);1-4,9,19H,5-8,15-17H2/b;11-9-. The number of anilines is 2. The molecule has 8 rings (SSSR count). The van der Waals surface area contributed by atoms with Crippen molar-refractivity contribution in [3.8, 4) is 5.75 Å². The molecule has 1 spiro atoms. The highest BCUT2D eigenvalue weighted by molar-refractivity contribution is 6.03. The molecular weight excluding hydrogens is 767 g/mol. The Morgan fingerprint density at radius 2 is 1.61 bits per heavy atom. The number of aldehydes is 1. The maximum Gasteiger partial charge on any atom is 0.321 e. The molecule has 1 aromatic heterocycles. The van der Waals surface area contributed by atoms with E-state index in [4.69, 9.17) is 21.9 Å². The molecule has 61 heavy (non-hydrogen) atoms. The maximum atomic E-state index is 12.7. The Morgan fingerprint density at radius 3 is 2.26 bits per heavy atom. The highest BCUT2D eigenvalue weighted by Crippen LogP contribution is 2.56. The molecule has 4 aliphatic rings. The van der Waals surface area contributed by atoms with Gasteiger partial charge in [-0.2, -0.15) is 0 Å². The van der Waals surface area contributed by atoms with Crippen LogP contribution in [0.4, 0.5) is 16.2 Å². The van der Waals surface area contributed by atoms with E-state index in [1.165, 1.54) is 88.1 Å². The summed E-state index contributed by atoms with van der Waals surface area (Å²) in [6, 6.07) is 26.5. The van der Waals surface area contributed by atoms with Gasteiger partial charge >= 0.3 is 6.03 Å². The number of fused-ring (bicyclic) bond motifs is 1. The van der Waals surface area contributed by atoms with E-state index in [-0.39, 0.29) is 17.6 Å². The maximum absolute atomic E-state index is 12.7. The van der Waals surface area contributed by atoms with Gasteiger partial charge in [0.2, 0.25) is 0 Å². The first-order valence-electron chi connectivity index (χ1n) is 22.0. The van der Waals surface area contributed by atoms with E-state index < -0.39 is 0 Å². The number of aromatic hydroxyl groups is 1. The number of rotatable bonds is 11. The lowest BCUT2D eigenvalue weighted by Gasteiger charge is -2.53. The van der Waals surface area contributed by atoms with Crippen molar-refractivity contribution in [2.75, 3.05) is 82.4 Å². The lowest BCUT2D eigenvalue weighted by Crippen LogP contribution is -2.49. The molecule has 0 unspecified atom stereocenters. The zero-order valence-electron chi connectivity index (χ0n) is 36.0. The molecule has 4 aromatic rings. The number of nitrogens with one attached hydrogen (secondary N) is 1. The quantitative estimate of drug-likeness (QED) is 0.0876. The Bertz CT molecular complexity index is 2150. The third-order valence-corrected chi connectivity index (χ3v) is 13.3. The number of carbonyl (C=O) groups excluding carboxylic acids is 2. The number of carbonyl (C=O) groups is 2. The Balaban J connectivity index is 0.000000236. The van der Waals surface area contributed by atoms with Gasteiger partial charge in [-0.1, -0.05) is 36.4 Å². The first-order valence-corrected chi connectivity index (χ1v) is 22.0. The number of morpholine rings is 1.